The van der Waals surface area contributed by atoms with Crippen molar-refractivity contribution >= 4 is 29.2 Å². The van der Waals surface area contributed by atoms with Crippen LogP contribution in [0.1, 0.15) is 62.7 Å². The number of pyridine rings is 1. The molecule has 2 unspecified atom stereocenters. The highest BCUT2D eigenvalue weighted by atomic mass is 35.5. The van der Waals surface area contributed by atoms with Crippen LogP contribution in [0, 0.1) is 5.82 Å². The van der Waals surface area contributed by atoms with Crippen molar-refractivity contribution in [2.45, 2.75) is 82.1 Å². The molecule has 186 valence electrons. The van der Waals surface area contributed by atoms with E-state index in [1.165, 1.54) is 18.2 Å². The van der Waals surface area contributed by atoms with Crippen LogP contribution in [-0.2, 0) is 4.79 Å². The number of carbonyl (C=O) groups is 2. The number of hydrogen-bond donors (Lipinski definition) is 2. The first-order valence-electron chi connectivity index (χ1n) is 12.2. The summed E-state index contributed by atoms with van der Waals surface area (Å²) < 4.78 is 19.9. The Balaban J connectivity index is 1.20. The maximum Gasteiger partial charge on any atom is 0.263 e. The van der Waals surface area contributed by atoms with Crippen LogP contribution in [0.2, 0.25) is 5.02 Å². The lowest BCUT2D eigenvalue weighted by Gasteiger charge is -2.40. The molecule has 2 aromatic rings. The number of benzene rings is 1. The third kappa shape index (κ3) is 5.22. The number of halogens is 2. The molecule has 2 amide bonds. The van der Waals surface area contributed by atoms with Crippen molar-refractivity contribution < 1.29 is 18.7 Å². The summed E-state index contributed by atoms with van der Waals surface area (Å²) in [7, 11) is 0. The van der Waals surface area contributed by atoms with Gasteiger partial charge in [-0.2, -0.15) is 0 Å². The van der Waals surface area contributed by atoms with E-state index in [0.717, 1.165) is 44.3 Å². The summed E-state index contributed by atoms with van der Waals surface area (Å²) in [4.78, 5) is 32.2. The van der Waals surface area contributed by atoms with Gasteiger partial charge in [-0.25, -0.2) is 9.37 Å². The van der Waals surface area contributed by atoms with Crippen LogP contribution in [0.5, 0.6) is 5.75 Å². The maximum absolute atomic E-state index is 14.2. The fourth-order valence-electron chi connectivity index (χ4n) is 5.08. The Morgan fingerprint density at radius 3 is 2.37 bits per heavy atom. The van der Waals surface area contributed by atoms with Gasteiger partial charge in [0.2, 0.25) is 0 Å². The normalized spacial score (nSPS) is 23.7. The average Bonchev–Trinajstić information content (AvgIpc) is 3.58. The van der Waals surface area contributed by atoms with E-state index in [0.29, 0.717) is 11.6 Å². The van der Waals surface area contributed by atoms with Gasteiger partial charge in [0.15, 0.2) is 17.2 Å². The summed E-state index contributed by atoms with van der Waals surface area (Å²) in [6.45, 7) is 3.26. The molecular weight excluding hydrogens is 471 g/mol. The summed E-state index contributed by atoms with van der Waals surface area (Å²) in [5.74, 6) is -0.0988. The van der Waals surface area contributed by atoms with E-state index in [1.807, 2.05) is 12.1 Å². The molecule has 7 nitrogen and oxygen atoms in total. The topological polar surface area (TPSA) is 83.6 Å². The second kappa shape index (κ2) is 9.30. The second-order valence-electron chi connectivity index (χ2n) is 10.3. The SMILES string of the molecule is CC(C)(Oc1ccc(Cl)cc1F)C(=O)NC1CC2CCC(C1)N2c1ccc(C(=O)NC2CC2)cn1. The minimum absolute atomic E-state index is 0.00205. The highest BCUT2D eigenvalue weighted by molar-refractivity contribution is 6.30. The van der Waals surface area contributed by atoms with Gasteiger partial charge >= 0.3 is 0 Å². The van der Waals surface area contributed by atoms with Crippen LogP contribution < -0.4 is 20.3 Å². The molecule has 1 aliphatic carbocycles. The lowest BCUT2D eigenvalue weighted by molar-refractivity contribution is -0.135. The van der Waals surface area contributed by atoms with Gasteiger partial charge in [0.05, 0.1) is 5.56 Å². The molecule has 35 heavy (non-hydrogen) atoms. The Morgan fingerprint density at radius 2 is 1.77 bits per heavy atom. The largest absolute Gasteiger partial charge is 0.475 e. The lowest BCUT2D eigenvalue weighted by Crippen LogP contribution is -2.55. The Bertz CT molecular complexity index is 1110. The van der Waals surface area contributed by atoms with E-state index in [-0.39, 0.29) is 40.7 Å². The molecule has 2 N–H and O–H groups in total. The zero-order chi connectivity index (χ0) is 24.7. The third-order valence-electron chi connectivity index (χ3n) is 7.06. The minimum atomic E-state index is -1.25. The van der Waals surface area contributed by atoms with Crippen LogP contribution >= 0.6 is 11.6 Å². The molecule has 3 aliphatic rings. The molecule has 2 aliphatic heterocycles. The number of hydrogen-bond acceptors (Lipinski definition) is 5. The highest BCUT2D eigenvalue weighted by Gasteiger charge is 2.43. The second-order valence-corrected chi connectivity index (χ2v) is 10.7. The number of amides is 2. The van der Waals surface area contributed by atoms with Crippen LogP contribution in [0.3, 0.4) is 0 Å². The molecule has 0 radical (unpaired) electrons. The fourth-order valence-corrected chi connectivity index (χ4v) is 5.24. The van der Waals surface area contributed by atoms with Gasteiger partial charge in [0.1, 0.15) is 5.82 Å². The monoisotopic (exact) mass is 500 g/mol. The molecule has 1 aromatic heterocycles. The first-order chi connectivity index (χ1) is 16.7. The first kappa shape index (κ1) is 23.9. The Kier molecular flexibility index (Phi) is 6.34. The molecule has 5 rings (SSSR count). The summed E-state index contributed by atoms with van der Waals surface area (Å²) in [5.41, 5.74) is -0.669. The summed E-state index contributed by atoms with van der Waals surface area (Å²) >= 11 is 5.81. The number of nitrogens with one attached hydrogen (secondary N) is 2. The van der Waals surface area contributed by atoms with Crippen molar-refractivity contribution in [1.29, 1.82) is 0 Å². The first-order valence-corrected chi connectivity index (χ1v) is 12.6. The van der Waals surface area contributed by atoms with Gasteiger partial charge in [-0.3, -0.25) is 9.59 Å². The molecule has 1 aromatic carbocycles. The fraction of sp³-hybridized carbons (Fsp3) is 0.500. The van der Waals surface area contributed by atoms with Crippen molar-refractivity contribution in [3.05, 3.63) is 52.9 Å². The minimum Gasteiger partial charge on any atom is -0.475 e. The Morgan fingerprint density at radius 1 is 1.06 bits per heavy atom. The number of anilines is 1. The molecule has 3 fully saturated rings. The predicted octanol–water partition coefficient (Wildman–Crippen LogP) is 4.24. The van der Waals surface area contributed by atoms with Gasteiger partial charge in [-0.1, -0.05) is 11.6 Å². The third-order valence-corrected chi connectivity index (χ3v) is 7.30. The van der Waals surface area contributed by atoms with E-state index in [9.17, 15) is 14.0 Å². The molecular formula is C26H30ClFN4O3. The molecule has 1 saturated carbocycles. The molecule has 2 atom stereocenters. The lowest BCUT2D eigenvalue weighted by atomic mass is 9.96. The number of carbonyl (C=O) groups excluding carboxylic acids is 2. The van der Waals surface area contributed by atoms with Crippen molar-refractivity contribution in [3.8, 4) is 5.75 Å². The molecule has 2 bridgehead atoms. The van der Waals surface area contributed by atoms with Gasteiger partial charge in [-0.05, 0) is 82.7 Å². The summed E-state index contributed by atoms with van der Waals surface area (Å²) in [5, 5.41) is 6.37. The van der Waals surface area contributed by atoms with Gasteiger partial charge < -0.3 is 20.3 Å². The Hall–Kier alpha value is -2.87. The molecule has 9 heteroatoms. The van der Waals surface area contributed by atoms with Crippen LogP contribution in [0.25, 0.3) is 0 Å². The number of nitrogens with zero attached hydrogens (tertiary/aromatic N) is 2. The van der Waals surface area contributed by atoms with Crippen LogP contribution in [0.15, 0.2) is 36.5 Å². The van der Waals surface area contributed by atoms with Gasteiger partial charge in [0.25, 0.3) is 11.8 Å². The van der Waals surface area contributed by atoms with E-state index in [1.54, 1.807) is 20.0 Å². The molecule has 0 spiro atoms. The maximum atomic E-state index is 14.2. The number of ether oxygens (including phenoxy) is 1. The smallest absolute Gasteiger partial charge is 0.263 e. The van der Waals surface area contributed by atoms with Gasteiger partial charge in [0, 0.05) is 35.4 Å². The quantitative estimate of drug-likeness (QED) is 0.594. The van der Waals surface area contributed by atoms with Gasteiger partial charge in [-0.15, -0.1) is 0 Å². The zero-order valence-corrected chi connectivity index (χ0v) is 20.6. The van der Waals surface area contributed by atoms with Crippen molar-refractivity contribution in [2.24, 2.45) is 0 Å². The van der Waals surface area contributed by atoms with E-state index >= 15 is 0 Å². The standard InChI is InChI=1S/C26H30ClFN4O3/c1-26(2,35-22-9-4-16(27)11-21(22)28)25(34)31-18-12-19-7-8-20(13-18)32(19)23-10-3-15(14-29-23)24(33)30-17-5-6-17/h3-4,9-11,14,17-20H,5-8,12-13H2,1-2H3,(H,30,33)(H,31,34). The number of piperidine rings is 1. The number of fused-ring (bicyclic) bond motifs is 2. The van der Waals surface area contributed by atoms with Crippen molar-refractivity contribution in [1.82, 2.24) is 15.6 Å². The molecule has 3 heterocycles. The highest BCUT2D eigenvalue weighted by Crippen LogP contribution is 2.39. The van der Waals surface area contributed by atoms with E-state index in [2.05, 4.69) is 20.5 Å². The average molecular weight is 501 g/mol. The van der Waals surface area contributed by atoms with E-state index in [4.69, 9.17) is 16.3 Å². The predicted molar refractivity (Wildman–Crippen MR) is 131 cm³/mol. The number of aromatic nitrogens is 1. The summed E-state index contributed by atoms with van der Waals surface area (Å²) in [6.07, 6.45) is 7.38. The van der Waals surface area contributed by atoms with Crippen molar-refractivity contribution in [3.63, 3.8) is 0 Å². The summed E-state index contributed by atoms with van der Waals surface area (Å²) in [6, 6.07) is 8.71. The Labute approximate surface area is 209 Å². The van der Waals surface area contributed by atoms with E-state index < -0.39 is 11.4 Å². The number of rotatable bonds is 7. The van der Waals surface area contributed by atoms with Crippen molar-refractivity contribution in [2.75, 3.05) is 4.90 Å². The van der Waals surface area contributed by atoms with Crippen LogP contribution in [0.4, 0.5) is 10.2 Å². The zero-order valence-electron chi connectivity index (χ0n) is 19.9. The van der Waals surface area contributed by atoms with Crippen LogP contribution in [-0.4, -0.2) is 46.6 Å². The molecule has 2 saturated heterocycles.